The Morgan fingerprint density at radius 2 is 2.10 bits per heavy atom. The van der Waals surface area contributed by atoms with Gasteiger partial charge in [-0.05, 0) is 19.9 Å². The van der Waals surface area contributed by atoms with Gasteiger partial charge in [0.15, 0.2) is 10.2 Å². The summed E-state index contributed by atoms with van der Waals surface area (Å²) in [5.41, 5.74) is 0.610. The lowest BCUT2D eigenvalue weighted by molar-refractivity contribution is -0.113. The zero-order valence-corrected chi connectivity index (χ0v) is 13.8. The van der Waals surface area contributed by atoms with Crippen LogP contribution in [0.4, 0.5) is 5.82 Å². The van der Waals surface area contributed by atoms with E-state index in [1.165, 1.54) is 23.1 Å². The third kappa shape index (κ3) is 4.05. The Morgan fingerprint density at radius 3 is 2.75 bits per heavy atom. The van der Waals surface area contributed by atoms with Crippen LogP contribution in [0.3, 0.4) is 0 Å². The largest absolute Gasteiger partial charge is 0.309 e. The number of carbonyl (C=O) groups is 1. The van der Waals surface area contributed by atoms with Crippen molar-refractivity contribution in [1.82, 2.24) is 15.2 Å². The number of anilines is 1. The van der Waals surface area contributed by atoms with Gasteiger partial charge in [-0.25, -0.2) is 4.98 Å². The first-order chi connectivity index (χ1) is 9.45. The number of nitrogens with one attached hydrogen (secondary N) is 1. The normalized spacial score (nSPS) is 10.6. The number of aromatic nitrogens is 3. The Bertz CT molecular complexity index is 647. The van der Waals surface area contributed by atoms with E-state index in [2.05, 4.69) is 20.5 Å². The Morgan fingerprint density at radius 1 is 1.35 bits per heavy atom. The first-order valence-electron chi connectivity index (χ1n) is 5.51. The molecule has 2 rings (SSSR count). The molecule has 0 unspecified atom stereocenters. The fraction of sp³-hybridized carbons (Fsp3) is 0.273. The van der Waals surface area contributed by atoms with Crippen LogP contribution >= 0.6 is 46.3 Å². The summed E-state index contributed by atoms with van der Waals surface area (Å²) in [5, 5.41) is 12.1. The van der Waals surface area contributed by atoms with Gasteiger partial charge in [0.2, 0.25) is 5.91 Å². The number of pyridine rings is 1. The van der Waals surface area contributed by atoms with Gasteiger partial charge in [-0.2, -0.15) is 0 Å². The van der Waals surface area contributed by atoms with Gasteiger partial charge in [0.1, 0.15) is 5.01 Å². The summed E-state index contributed by atoms with van der Waals surface area (Å²) in [6.07, 6.45) is 0. The van der Waals surface area contributed by atoms with Crippen LogP contribution in [0.25, 0.3) is 0 Å². The number of hydrogen-bond donors (Lipinski definition) is 1. The molecule has 0 saturated carbocycles. The number of aryl methyl sites for hydroxylation is 2. The molecule has 1 N–H and O–H groups in total. The summed E-state index contributed by atoms with van der Waals surface area (Å²) >= 11 is 14.6. The van der Waals surface area contributed by atoms with Crippen LogP contribution in [-0.2, 0) is 4.79 Å². The van der Waals surface area contributed by atoms with Crippen LogP contribution in [0.1, 0.15) is 10.7 Å². The highest BCUT2D eigenvalue weighted by atomic mass is 35.5. The minimum Gasteiger partial charge on any atom is -0.309 e. The molecular formula is C11H10Cl2N4OS2. The van der Waals surface area contributed by atoms with Crippen molar-refractivity contribution in [3.8, 4) is 0 Å². The van der Waals surface area contributed by atoms with Gasteiger partial charge in [0, 0.05) is 0 Å². The van der Waals surface area contributed by atoms with Crippen molar-refractivity contribution in [2.24, 2.45) is 0 Å². The highest BCUT2D eigenvalue weighted by Crippen LogP contribution is 2.26. The molecule has 0 aliphatic carbocycles. The molecule has 1 amide bonds. The van der Waals surface area contributed by atoms with Crippen LogP contribution in [-0.4, -0.2) is 26.8 Å². The quantitative estimate of drug-likeness (QED) is 0.855. The second-order valence-electron chi connectivity index (χ2n) is 3.81. The van der Waals surface area contributed by atoms with Crippen LogP contribution in [0, 0.1) is 13.8 Å². The lowest BCUT2D eigenvalue weighted by Crippen LogP contribution is -2.15. The standard InChI is InChI=1S/C11H10Cl2N4OS2/c1-5-7(12)3-8(13)10(14-5)15-9(18)4-19-11-17-16-6(2)20-11/h3H,4H2,1-2H3,(H,14,15,18). The molecule has 2 aromatic rings. The van der Waals surface area contributed by atoms with Crippen molar-refractivity contribution in [3.63, 3.8) is 0 Å². The van der Waals surface area contributed by atoms with Crippen LogP contribution in [0.5, 0.6) is 0 Å². The minimum atomic E-state index is -0.209. The zero-order chi connectivity index (χ0) is 14.7. The summed E-state index contributed by atoms with van der Waals surface area (Å²) in [7, 11) is 0. The van der Waals surface area contributed by atoms with Crippen LogP contribution in [0.2, 0.25) is 10.0 Å². The third-order valence-corrected chi connectivity index (χ3v) is 4.84. The molecular weight excluding hydrogens is 339 g/mol. The number of amides is 1. The number of rotatable bonds is 4. The number of carbonyl (C=O) groups excluding carboxylic acids is 1. The highest BCUT2D eigenvalue weighted by molar-refractivity contribution is 8.01. The van der Waals surface area contributed by atoms with E-state index < -0.39 is 0 Å². The lowest BCUT2D eigenvalue weighted by Gasteiger charge is -2.07. The van der Waals surface area contributed by atoms with Gasteiger partial charge in [-0.15, -0.1) is 10.2 Å². The Balaban J connectivity index is 1.96. The van der Waals surface area contributed by atoms with Crippen LogP contribution < -0.4 is 5.32 Å². The van der Waals surface area contributed by atoms with E-state index in [4.69, 9.17) is 23.2 Å². The second kappa shape index (κ2) is 6.71. The van der Waals surface area contributed by atoms with Gasteiger partial charge in [-0.1, -0.05) is 46.3 Å². The fourth-order valence-corrected chi connectivity index (χ4v) is 3.30. The van der Waals surface area contributed by atoms with Crippen molar-refractivity contribution in [2.75, 3.05) is 11.1 Å². The maximum Gasteiger partial charge on any atom is 0.236 e. The van der Waals surface area contributed by atoms with E-state index in [9.17, 15) is 4.79 Å². The number of hydrogen-bond acceptors (Lipinski definition) is 6. The maximum atomic E-state index is 11.8. The molecule has 0 aliphatic heterocycles. The molecule has 2 aromatic heterocycles. The molecule has 20 heavy (non-hydrogen) atoms. The van der Waals surface area contributed by atoms with Gasteiger partial charge >= 0.3 is 0 Å². The molecule has 0 radical (unpaired) electrons. The van der Waals surface area contributed by atoms with E-state index in [0.717, 1.165) is 9.35 Å². The highest BCUT2D eigenvalue weighted by Gasteiger charge is 2.11. The maximum absolute atomic E-state index is 11.8. The van der Waals surface area contributed by atoms with E-state index in [-0.39, 0.29) is 11.7 Å². The number of halogens is 2. The smallest absolute Gasteiger partial charge is 0.236 e. The molecule has 0 aliphatic rings. The average Bonchev–Trinajstić information content (AvgIpc) is 2.79. The second-order valence-corrected chi connectivity index (χ2v) is 7.03. The summed E-state index contributed by atoms with van der Waals surface area (Å²) < 4.78 is 0.754. The predicted molar refractivity (Wildman–Crippen MR) is 83.0 cm³/mol. The topological polar surface area (TPSA) is 67.8 Å². The summed E-state index contributed by atoms with van der Waals surface area (Å²) in [4.78, 5) is 16.0. The van der Waals surface area contributed by atoms with Gasteiger partial charge in [0.05, 0.1) is 21.5 Å². The van der Waals surface area contributed by atoms with E-state index in [0.29, 0.717) is 21.6 Å². The Kier molecular flexibility index (Phi) is 5.20. The van der Waals surface area contributed by atoms with Gasteiger partial charge < -0.3 is 5.32 Å². The molecule has 106 valence electrons. The SMILES string of the molecule is Cc1nnc(SCC(=O)Nc2nc(C)c(Cl)cc2Cl)s1. The van der Waals surface area contributed by atoms with E-state index in [1.54, 1.807) is 13.0 Å². The molecule has 2 heterocycles. The Labute approximate surface area is 134 Å². The fourth-order valence-electron chi connectivity index (χ4n) is 1.28. The number of thioether (sulfide) groups is 1. The molecule has 5 nitrogen and oxygen atoms in total. The molecule has 0 bridgehead atoms. The van der Waals surface area contributed by atoms with Crippen LogP contribution in [0.15, 0.2) is 10.4 Å². The average molecular weight is 349 g/mol. The van der Waals surface area contributed by atoms with Crippen molar-refractivity contribution in [3.05, 3.63) is 26.8 Å². The summed E-state index contributed by atoms with van der Waals surface area (Å²) in [5.74, 6) is 0.320. The minimum absolute atomic E-state index is 0.209. The van der Waals surface area contributed by atoms with Crippen molar-refractivity contribution >= 4 is 58.0 Å². The van der Waals surface area contributed by atoms with E-state index in [1.807, 2.05) is 6.92 Å². The molecule has 0 spiro atoms. The summed E-state index contributed by atoms with van der Waals surface area (Å²) in [6, 6.07) is 1.56. The Hall–Kier alpha value is -0.890. The first kappa shape index (κ1) is 15.5. The van der Waals surface area contributed by atoms with Crippen molar-refractivity contribution in [2.45, 2.75) is 18.2 Å². The first-order valence-corrected chi connectivity index (χ1v) is 8.07. The monoisotopic (exact) mass is 348 g/mol. The number of nitrogens with zero attached hydrogens (tertiary/aromatic N) is 3. The molecule has 0 fully saturated rings. The molecule has 0 aromatic carbocycles. The molecule has 0 saturated heterocycles. The summed E-state index contributed by atoms with van der Waals surface area (Å²) in [6.45, 7) is 3.61. The predicted octanol–water partition coefficient (Wildman–Crippen LogP) is 3.59. The molecule has 0 atom stereocenters. The van der Waals surface area contributed by atoms with Crippen molar-refractivity contribution in [1.29, 1.82) is 0 Å². The van der Waals surface area contributed by atoms with Gasteiger partial charge in [-0.3, -0.25) is 4.79 Å². The van der Waals surface area contributed by atoms with E-state index >= 15 is 0 Å². The third-order valence-electron chi connectivity index (χ3n) is 2.20. The zero-order valence-electron chi connectivity index (χ0n) is 10.6. The van der Waals surface area contributed by atoms with Crippen molar-refractivity contribution < 1.29 is 4.79 Å². The lowest BCUT2D eigenvalue weighted by atomic mass is 10.3. The molecule has 9 heteroatoms. The van der Waals surface area contributed by atoms with Gasteiger partial charge in [0.25, 0.3) is 0 Å².